The van der Waals surface area contributed by atoms with E-state index in [9.17, 15) is 29.4 Å². The minimum absolute atomic E-state index is 0.00257. The van der Waals surface area contributed by atoms with Gasteiger partial charge in [0.2, 0.25) is 11.8 Å². The molecule has 1 saturated heterocycles. The van der Waals surface area contributed by atoms with Gasteiger partial charge in [-0.1, -0.05) is 39.8 Å². The normalized spacial score (nSPS) is 22.6. The van der Waals surface area contributed by atoms with Gasteiger partial charge in [-0.3, -0.25) is 29.2 Å². The first kappa shape index (κ1) is 43.8. The number of cyclic esters (lactones) is 1. The van der Waals surface area contributed by atoms with E-state index in [0.717, 1.165) is 44.5 Å². The number of aromatic hydroxyl groups is 1. The summed E-state index contributed by atoms with van der Waals surface area (Å²) in [5.74, 6) is -2.69. The van der Waals surface area contributed by atoms with Crippen molar-refractivity contribution in [2.75, 3.05) is 27.3 Å². The number of aliphatic hydroxyl groups is 1. The van der Waals surface area contributed by atoms with Crippen molar-refractivity contribution in [3.63, 3.8) is 0 Å². The number of phenolic OH excluding ortho intramolecular Hbond substituents is 1. The quantitative estimate of drug-likeness (QED) is 0.162. The second kappa shape index (κ2) is 17.6. The molecule has 7 rings (SSSR count). The maximum atomic E-state index is 14.5. The number of nitrogens with one attached hydrogen (secondary N) is 2. The van der Waals surface area contributed by atoms with Crippen molar-refractivity contribution in [1.82, 2.24) is 30.2 Å². The molecule has 0 radical (unpaired) electrons. The summed E-state index contributed by atoms with van der Waals surface area (Å²) in [6, 6.07) is 12.6. The predicted molar refractivity (Wildman–Crippen MR) is 231 cm³/mol. The molecule has 6 atom stereocenters. The number of aryl methyl sites for hydroxylation is 1. The number of aliphatic hydroxyl groups excluding tert-OH is 1. The number of hydrogen-bond acceptors (Lipinski definition) is 10. The zero-order chi connectivity index (χ0) is 43.9. The number of likely N-dealkylation sites (N-methyl/N-ethyl adjacent to an activating group) is 1. The van der Waals surface area contributed by atoms with Gasteiger partial charge in [-0.15, -0.1) is 0 Å². The molecule has 2 aromatic carbocycles. The summed E-state index contributed by atoms with van der Waals surface area (Å²) in [5.41, 5.74) is 9.56. The number of benzene rings is 2. The Hall–Kier alpha value is -5.31. The van der Waals surface area contributed by atoms with Crippen LogP contribution in [0, 0.1) is 17.3 Å². The highest BCUT2D eigenvalue weighted by molar-refractivity contribution is 5.96. The fraction of sp³-hybridized carbons (Fsp3) is 0.511. The maximum absolute atomic E-state index is 14.5. The molecule has 4 heterocycles. The van der Waals surface area contributed by atoms with Gasteiger partial charge in [-0.25, -0.2) is 5.43 Å². The zero-order valence-electron chi connectivity index (χ0n) is 36.5. The number of rotatable bonds is 9. The molecule has 1 unspecified atom stereocenters. The number of methoxy groups -OCH3 is 1. The van der Waals surface area contributed by atoms with Crippen LogP contribution in [0.4, 0.5) is 0 Å². The fourth-order valence-corrected chi connectivity index (χ4v) is 9.10. The second-order valence-electron chi connectivity index (χ2n) is 18.1. The number of hydrogen-bond donors (Lipinski definition) is 4. The third-order valence-corrected chi connectivity index (χ3v) is 12.4. The molecule has 326 valence electrons. The number of carbonyl (C=O) groups excluding carboxylic acids is 4. The third-order valence-electron chi connectivity index (χ3n) is 12.4. The summed E-state index contributed by atoms with van der Waals surface area (Å²) in [7, 11) is 3.22. The van der Waals surface area contributed by atoms with Crippen molar-refractivity contribution in [2.45, 2.75) is 111 Å². The predicted octanol–water partition coefficient (Wildman–Crippen LogP) is 5.32. The van der Waals surface area contributed by atoms with E-state index >= 15 is 0 Å². The molecular formula is C47H60N6O8. The molecule has 2 aliphatic heterocycles. The van der Waals surface area contributed by atoms with Gasteiger partial charge in [0.25, 0.3) is 5.91 Å². The Labute approximate surface area is 357 Å². The van der Waals surface area contributed by atoms with E-state index in [-0.39, 0.29) is 43.3 Å². The highest BCUT2D eigenvalue weighted by Crippen LogP contribution is 2.42. The van der Waals surface area contributed by atoms with Crippen molar-refractivity contribution in [3.05, 3.63) is 71.5 Å². The van der Waals surface area contributed by atoms with Gasteiger partial charge in [-0.2, -0.15) is 0 Å². The average Bonchev–Trinajstić information content (AvgIpc) is 3.90. The Morgan fingerprint density at radius 1 is 1.11 bits per heavy atom. The largest absolute Gasteiger partial charge is 0.508 e. The van der Waals surface area contributed by atoms with Crippen LogP contribution in [0.1, 0.15) is 83.7 Å². The van der Waals surface area contributed by atoms with Crippen molar-refractivity contribution in [3.8, 4) is 28.1 Å². The van der Waals surface area contributed by atoms with Gasteiger partial charge in [0, 0.05) is 61.7 Å². The number of phenols is 1. The molecule has 14 heteroatoms. The summed E-state index contributed by atoms with van der Waals surface area (Å²) < 4.78 is 14.2. The lowest BCUT2D eigenvalue weighted by Crippen LogP contribution is -2.62. The van der Waals surface area contributed by atoms with E-state index in [1.807, 2.05) is 39.0 Å². The molecule has 1 aliphatic carbocycles. The highest BCUT2D eigenvalue weighted by atomic mass is 16.5. The Morgan fingerprint density at radius 3 is 2.56 bits per heavy atom. The van der Waals surface area contributed by atoms with Crippen molar-refractivity contribution < 1.29 is 38.9 Å². The third kappa shape index (κ3) is 9.03. The molecule has 14 nitrogen and oxygen atoms in total. The molecule has 6 bridgehead atoms. The monoisotopic (exact) mass is 836 g/mol. The lowest BCUT2D eigenvalue weighted by atomic mass is 9.84. The number of fused-ring (bicyclic) bond motifs is 6. The van der Waals surface area contributed by atoms with Crippen LogP contribution in [0.25, 0.3) is 33.3 Å². The molecular weight excluding hydrogens is 777 g/mol. The Kier molecular flexibility index (Phi) is 12.6. The average molecular weight is 837 g/mol. The minimum Gasteiger partial charge on any atom is -0.508 e. The molecule has 3 amide bonds. The van der Waals surface area contributed by atoms with Crippen molar-refractivity contribution >= 4 is 34.6 Å². The van der Waals surface area contributed by atoms with Crippen LogP contribution in [0.2, 0.25) is 0 Å². The van der Waals surface area contributed by atoms with Gasteiger partial charge in [0.05, 0.1) is 36.1 Å². The Morgan fingerprint density at radius 2 is 1.87 bits per heavy atom. The van der Waals surface area contributed by atoms with Crippen LogP contribution in [-0.4, -0.2) is 105 Å². The number of ether oxygens (including phenoxy) is 2. The Bertz CT molecular complexity index is 2320. The smallest absolute Gasteiger partial charge is 0.324 e. The first-order valence-corrected chi connectivity index (χ1v) is 21.5. The summed E-state index contributed by atoms with van der Waals surface area (Å²) >= 11 is 0. The van der Waals surface area contributed by atoms with E-state index in [2.05, 4.69) is 54.3 Å². The van der Waals surface area contributed by atoms with E-state index in [0.29, 0.717) is 37.8 Å². The van der Waals surface area contributed by atoms with Crippen LogP contribution in [0.3, 0.4) is 0 Å². The number of nitrogens with zero attached hydrogens (tertiary/aromatic N) is 4. The van der Waals surface area contributed by atoms with Crippen LogP contribution in [0.15, 0.2) is 54.7 Å². The lowest BCUT2D eigenvalue weighted by molar-refractivity contribution is -0.155. The summed E-state index contributed by atoms with van der Waals surface area (Å²) in [6.45, 7) is 13.0. The summed E-state index contributed by atoms with van der Waals surface area (Å²) in [5, 5.41) is 26.6. The SMILES string of the molecule is CCn1c(-c2cccnc2[C@H](C)OC)c2c3cc(ccc31)-c1cc(O)cc(c1)C[C@H](NC(=O)C(C(C)C)N(C)C(=O)[C@@H]1C[C@@H]1O)C(=O)N1CCC[C@H](N1)C(=O)OCC(C)(C)C2. The number of aromatic nitrogens is 2. The van der Waals surface area contributed by atoms with Crippen molar-refractivity contribution in [1.29, 1.82) is 0 Å². The molecule has 61 heavy (non-hydrogen) atoms. The number of amides is 3. The first-order chi connectivity index (χ1) is 29.0. The summed E-state index contributed by atoms with van der Waals surface area (Å²) in [6.07, 6.45) is 2.62. The van der Waals surface area contributed by atoms with E-state index in [4.69, 9.17) is 14.5 Å². The van der Waals surface area contributed by atoms with Gasteiger partial charge in [0.1, 0.15) is 23.9 Å². The molecule has 0 spiro atoms. The van der Waals surface area contributed by atoms with E-state index < -0.39 is 53.3 Å². The molecule has 2 aromatic heterocycles. The highest BCUT2D eigenvalue weighted by Gasteiger charge is 2.46. The summed E-state index contributed by atoms with van der Waals surface area (Å²) in [4.78, 5) is 62.0. The van der Waals surface area contributed by atoms with Crippen molar-refractivity contribution in [2.24, 2.45) is 17.3 Å². The van der Waals surface area contributed by atoms with E-state index in [1.54, 1.807) is 32.5 Å². The number of esters is 1. The lowest BCUT2D eigenvalue weighted by Gasteiger charge is -2.36. The number of pyridine rings is 1. The van der Waals surface area contributed by atoms with Crippen LogP contribution in [-0.2, 0) is 48.0 Å². The Balaban J connectivity index is 1.35. The minimum atomic E-state index is -1.14. The zero-order valence-corrected chi connectivity index (χ0v) is 36.5. The van der Waals surface area contributed by atoms with Gasteiger partial charge < -0.3 is 34.5 Å². The van der Waals surface area contributed by atoms with Crippen LogP contribution in [0.5, 0.6) is 5.75 Å². The van der Waals surface area contributed by atoms with Gasteiger partial charge in [-0.05, 0) is 104 Å². The van der Waals surface area contributed by atoms with E-state index in [1.165, 1.54) is 9.91 Å². The standard InChI is InChI=1S/C47H60N6O8/c1-9-52-38-15-14-29-22-33(38)35(42(52)32-12-10-16-48-40(32)27(4)60-8)24-47(5,6)25-61-46(59)36-13-11-17-53(50-36)45(58)37(20-28-18-30(29)21-31(54)19-28)49-43(56)41(26(2)3)51(7)44(57)34-23-39(34)55/h10,12,14-16,18-19,21-22,26-27,34,36-37,39,41,50,54-55H,9,11,13,17,20,23-25H2,1-8H3,(H,49,56)/t27-,34+,36-,37-,39-,41?/m0/s1. The van der Waals surface area contributed by atoms with Gasteiger partial charge >= 0.3 is 5.97 Å². The maximum Gasteiger partial charge on any atom is 0.324 e. The molecule has 1 saturated carbocycles. The number of hydrazine groups is 1. The topological polar surface area (TPSA) is 176 Å². The molecule has 3 aliphatic rings. The van der Waals surface area contributed by atoms with Crippen LogP contribution >= 0.6 is 0 Å². The van der Waals surface area contributed by atoms with Gasteiger partial charge in [0.15, 0.2) is 0 Å². The fourth-order valence-electron chi connectivity index (χ4n) is 9.10. The molecule has 4 aromatic rings. The van der Waals surface area contributed by atoms with Crippen LogP contribution < -0.4 is 10.7 Å². The molecule has 4 N–H and O–H groups in total. The molecule has 2 fully saturated rings. The second-order valence-corrected chi connectivity index (χ2v) is 18.1. The number of carbonyl (C=O) groups is 4. The first-order valence-electron chi connectivity index (χ1n) is 21.5.